The van der Waals surface area contributed by atoms with E-state index in [0.717, 1.165) is 22.6 Å². The minimum Gasteiger partial charge on any atom is -0.389 e. The first-order valence-electron chi connectivity index (χ1n) is 5.91. The standard InChI is InChI=1S/C12H16N2O2S3/c1-9-8-10(2-3-11(9)12(13)17)19(15,16)14-4-6-18-7-5-14/h2-3,8H,4-7H2,1H3,(H2,13,17). The lowest BCUT2D eigenvalue weighted by Gasteiger charge is -2.25. The summed E-state index contributed by atoms with van der Waals surface area (Å²) in [4.78, 5) is 0.604. The summed E-state index contributed by atoms with van der Waals surface area (Å²) in [5, 5.41) is 0. The van der Waals surface area contributed by atoms with E-state index in [9.17, 15) is 8.42 Å². The van der Waals surface area contributed by atoms with E-state index in [0.29, 0.717) is 18.0 Å². The number of aryl methyl sites for hydroxylation is 1. The van der Waals surface area contributed by atoms with Crippen molar-refractivity contribution in [2.75, 3.05) is 24.6 Å². The van der Waals surface area contributed by atoms with E-state index in [1.54, 1.807) is 34.3 Å². The van der Waals surface area contributed by atoms with Gasteiger partial charge in [0.15, 0.2) is 0 Å². The highest BCUT2D eigenvalue weighted by atomic mass is 32.2. The number of nitrogens with zero attached hydrogens (tertiary/aromatic N) is 1. The summed E-state index contributed by atoms with van der Waals surface area (Å²) in [5.74, 6) is 1.70. The van der Waals surface area contributed by atoms with Crippen LogP contribution in [-0.4, -0.2) is 42.3 Å². The van der Waals surface area contributed by atoms with Crippen molar-refractivity contribution in [3.05, 3.63) is 29.3 Å². The quantitative estimate of drug-likeness (QED) is 0.853. The van der Waals surface area contributed by atoms with Crippen molar-refractivity contribution in [3.8, 4) is 0 Å². The van der Waals surface area contributed by atoms with Gasteiger partial charge in [-0.05, 0) is 24.6 Å². The Balaban J connectivity index is 2.35. The minimum absolute atomic E-state index is 0.288. The Kier molecular flexibility index (Phi) is 4.50. The molecule has 0 saturated carbocycles. The molecule has 0 aromatic heterocycles. The first-order valence-corrected chi connectivity index (χ1v) is 8.91. The number of nitrogens with two attached hydrogens (primary N) is 1. The van der Waals surface area contributed by atoms with Crippen molar-refractivity contribution in [1.29, 1.82) is 0 Å². The molecule has 7 heteroatoms. The molecule has 1 heterocycles. The van der Waals surface area contributed by atoms with Gasteiger partial charge in [-0.15, -0.1) is 0 Å². The number of rotatable bonds is 3. The first-order chi connectivity index (χ1) is 8.93. The number of thioether (sulfide) groups is 1. The largest absolute Gasteiger partial charge is 0.389 e. The molecule has 2 rings (SSSR count). The van der Waals surface area contributed by atoms with Crippen molar-refractivity contribution in [3.63, 3.8) is 0 Å². The molecule has 1 aromatic rings. The average molecular weight is 316 g/mol. The second-order valence-corrected chi connectivity index (χ2v) is 7.96. The van der Waals surface area contributed by atoms with Gasteiger partial charge in [0.05, 0.1) is 4.90 Å². The maximum atomic E-state index is 12.5. The number of sulfonamides is 1. The zero-order chi connectivity index (χ0) is 14.0. The van der Waals surface area contributed by atoms with Gasteiger partial charge < -0.3 is 5.73 Å². The van der Waals surface area contributed by atoms with Crippen LogP contribution < -0.4 is 5.73 Å². The maximum absolute atomic E-state index is 12.5. The Labute approximate surface area is 123 Å². The van der Waals surface area contributed by atoms with Crippen molar-refractivity contribution in [2.24, 2.45) is 5.73 Å². The molecule has 0 radical (unpaired) electrons. The lowest BCUT2D eigenvalue weighted by molar-refractivity contribution is 0.443. The number of hydrogen-bond acceptors (Lipinski definition) is 4. The molecule has 1 fully saturated rings. The number of thiocarbonyl (C=S) groups is 1. The molecule has 0 spiro atoms. The van der Waals surface area contributed by atoms with Gasteiger partial charge in [-0.25, -0.2) is 8.42 Å². The Morgan fingerprint density at radius 1 is 1.37 bits per heavy atom. The second-order valence-electron chi connectivity index (χ2n) is 4.36. The van der Waals surface area contributed by atoms with Crippen LogP contribution in [-0.2, 0) is 10.0 Å². The minimum atomic E-state index is -3.39. The molecule has 19 heavy (non-hydrogen) atoms. The molecule has 1 aromatic carbocycles. The predicted molar refractivity (Wildman–Crippen MR) is 83.2 cm³/mol. The number of benzene rings is 1. The molecule has 104 valence electrons. The maximum Gasteiger partial charge on any atom is 0.243 e. The van der Waals surface area contributed by atoms with E-state index in [1.807, 2.05) is 6.92 Å². The van der Waals surface area contributed by atoms with Crippen LogP contribution >= 0.6 is 24.0 Å². The molecule has 0 unspecified atom stereocenters. The van der Waals surface area contributed by atoms with Crippen molar-refractivity contribution in [1.82, 2.24) is 4.31 Å². The van der Waals surface area contributed by atoms with Crippen LogP contribution in [0.3, 0.4) is 0 Å². The van der Waals surface area contributed by atoms with Crippen LogP contribution in [0.5, 0.6) is 0 Å². The van der Waals surface area contributed by atoms with Gasteiger partial charge in [0.1, 0.15) is 4.99 Å². The van der Waals surface area contributed by atoms with Crippen LogP contribution in [0.25, 0.3) is 0 Å². The van der Waals surface area contributed by atoms with E-state index < -0.39 is 10.0 Å². The van der Waals surface area contributed by atoms with Gasteiger partial charge >= 0.3 is 0 Å². The summed E-state index contributed by atoms with van der Waals surface area (Å²) in [6, 6.07) is 4.91. The third-order valence-corrected chi connectivity index (χ3v) is 6.13. The first kappa shape index (κ1) is 14.8. The van der Waals surface area contributed by atoms with E-state index in [-0.39, 0.29) is 4.99 Å². The molecule has 4 nitrogen and oxygen atoms in total. The van der Waals surface area contributed by atoms with Crippen LogP contribution in [0.2, 0.25) is 0 Å². The molecule has 0 atom stereocenters. The molecule has 0 amide bonds. The van der Waals surface area contributed by atoms with Crippen LogP contribution in [0.4, 0.5) is 0 Å². The second kappa shape index (κ2) is 5.78. The van der Waals surface area contributed by atoms with Crippen molar-refractivity contribution in [2.45, 2.75) is 11.8 Å². The molecule has 0 bridgehead atoms. The third-order valence-electron chi connectivity index (χ3n) is 3.07. The summed E-state index contributed by atoms with van der Waals surface area (Å²) >= 11 is 6.71. The van der Waals surface area contributed by atoms with E-state index in [1.165, 1.54) is 0 Å². The van der Waals surface area contributed by atoms with Gasteiger partial charge in [0.2, 0.25) is 10.0 Å². The van der Waals surface area contributed by atoms with Gasteiger partial charge in [-0.1, -0.05) is 18.3 Å². The van der Waals surface area contributed by atoms with Crippen molar-refractivity contribution >= 4 is 39.0 Å². The normalized spacial score (nSPS) is 17.3. The van der Waals surface area contributed by atoms with Gasteiger partial charge in [-0.2, -0.15) is 16.1 Å². The monoisotopic (exact) mass is 316 g/mol. The highest BCUT2D eigenvalue weighted by Gasteiger charge is 2.26. The van der Waals surface area contributed by atoms with Crippen LogP contribution in [0.15, 0.2) is 23.1 Å². The number of hydrogen-bond donors (Lipinski definition) is 1. The fourth-order valence-corrected chi connectivity index (χ4v) is 4.90. The van der Waals surface area contributed by atoms with Crippen LogP contribution in [0.1, 0.15) is 11.1 Å². The Morgan fingerprint density at radius 3 is 2.53 bits per heavy atom. The fourth-order valence-electron chi connectivity index (χ4n) is 2.01. The lowest BCUT2D eigenvalue weighted by Crippen LogP contribution is -2.37. The zero-order valence-electron chi connectivity index (χ0n) is 10.6. The van der Waals surface area contributed by atoms with Gasteiger partial charge in [0, 0.05) is 30.2 Å². The lowest BCUT2D eigenvalue weighted by atomic mass is 10.1. The summed E-state index contributed by atoms with van der Waals surface area (Å²) in [6.07, 6.45) is 0. The molecular formula is C12H16N2O2S3. The SMILES string of the molecule is Cc1cc(S(=O)(=O)N2CCSCC2)ccc1C(N)=S. The van der Waals surface area contributed by atoms with E-state index in [4.69, 9.17) is 18.0 Å². The third kappa shape index (κ3) is 3.10. The molecular weight excluding hydrogens is 300 g/mol. The van der Waals surface area contributed by atoms with E-state index in [2.05, 4.69) is 0 Å². The van der Waals surface area contributed by atoms with Gasteiger partial charge in [-0.3, -0.25) is 0 Å². The smallest absolute Gasteiger partial charge is 0.243 e. The topological polar surface area (TPSA) is 63.4 Å². The molecule has 1 saturated heterocycles. The summed E-state index contributed by atoms with van der Waals surface area (Å²) in [6.45, 7) is 2.96. The highest BCUT2D eigenvalue weighted by Crippen LogP contribution is 2.22. The van der Waals surface area contributed by atoms with E-state index >= 15 is 0 Å². The van der Waals surface area contributed by atoms with Crippen molar-refractivity contribution < 1.29 is 8.42 Å². The van der Waals surface area contributed by atoms with Crippen LogP contribution in [0, 0.1) is 6.92 Å². The Morgan fingerprint density at radius 2 is 2.00 bits per heavy atom. The Hall–Kier alpha value is -0.630. The highest BCUT2D eigenvalue weighted by molar-refractivity contribution is 7.99. The molecule has 0 aliphatic carbocycles. The van der Waals surface area contributed by atoms with Gasteiger partial charge in [0.25, 0.3) is 0 Å². The summed E-state index contributed by atoms with van der Waals surface area (Å²) in [7, 11) is -3.39. The summed E-state index contributed by atoms with van der Waals surface area (Å²) < 4.78 is 26.5. The fraction of sp³-hybridized carbons (Fsp3) is 0.417. The molecule has 1 aliphatic rings. The molecule has 2 N–H and O–H groups in total. The summed E-state index contributed by atoms with van der Waals surface area (Å²) in [5.41, 5.74) is 7.10. The molecule has 1 aliphatic heterocycles. The zero-order valence-corrected chi connectivity index (χ0v) is 13.1. The average Bonchev–Trinajstić information content (AvgIpc) is 2.39. The Bertz CT molecular complexity index is 593. The predicted octanol–water partition coefficient (Wildman–Crippen LogP) is 1.37.